The highest BCUT2D eigenvalue weighted by molar-refractivity contribution is 6.32. The lowest BCUT2D eigenvalue weighted by atomic mass is 10.4. The molecule has 0 aliphatic heterocycles. The quantitative estimate of drug-likeness (QED) is 0.303. The number of nitrogens with two attached hydrogens (primary N) is 1. The summed E-state index contributed by atoms with van der Waals surface area (Å²) in [5.74, 6) is -0.324. The molecule has 0 radical (unpaired) electrons. The Morgan fingerprint density at radius 3 is 2.67 bits per heavy atom. The highest BCUT2D eigenvalue weighted by Crippen LogP contribution is 2.22. The number of urea groups is 1. The van der Waals surface area contributed by atoms with E-state index in [4.69, 9.17) is 17.3 Å². The van der Waals surface area contributed by atoms with Crippen molar-refractivity contribution in [2.75, 3.05) is 44.5 Å². The second-order valence-corrected chi connectivity index (χ2v) is 5.11. The van der Waals surface area contributed by atoms with Crippen LogP contribution >= 0.6 is 11.6 Å². The van der Waals surface area contributed by atoms with Gasteiger partial charge in [0.15, 0.2) is 22.5 Å². The minimum atomic E-state index is -0.648. The monoisotopic (exact) mass is 356 g/mol. The van der Waals surface area contributed by atoms with Crippen molar-refractivity contribution < 1.29 is 9.59 Å². The third kappa shape index (κ3) is 5.97. The molecular formula is C13H21ClN8O2. The molecule has 1 aromatic rings. The average Bonchev–Trinajstić information content (AvgIpc) is 2.52. The molecule has 0 spiro atoms. The smallest absolute Gasteiger partial charge is 0.315 e. The van der Waals surface area contributed by atoms with Gasteiger partial charge in [0, 0.05) is 33.4 Å². The summed E-state index contributed by atoms with van der Waals surface area (Å²) in [7, 11) is 3.46. The molecule has 5 N–H and O–H groups in total. The number of hydrogen-bond acceptors (Lipinski definition) is 7. The summed E-state index contributed by atoms with van der Waals surface area (Å²) in [5.41, 5.74) is 5.61. The lowest BCUT2D eigenvalue weighted by Crippen LogP contribution is -2.41. The van der Waals surface area contributed by atoms with Crippen LogP contribution in [0.15, 0.2) is 4.99 Å². The van der Waals surface area contributed by atoms with Gasteiger partial charge in [-0.2, -0.15) is 0 Å². The zero-order valence-electron chi connectivity index (χ0n) is 13.8. The Morgan fingerprint density at radius 1 is 1.33 bits per heavy atom. The van der Waals surface area contributed by atoms with Gasteiger partial charge in [0.25, 0.3) is 5.91 Å². The SMILES string of the molecule is CCNC(=O)NCNCC=NC(=O)c1nc(Cl)c(N(C)C)nc1N. The van der Waals surface area contributed by atoms with Crippen molar-refractivity contribution in [2.45, 2.75) is 6.92 Å². The molecule has 0 saturated carbocycles. The molecule has 0 aliphatic rings. The van der Waals surface area contributed by atoms with Gasteiger partial charge >= 0.3 is 6.03 Å². The normalized spacial score (nSPS) is 10.7. The van der Waals surface area contributed by atoms with E-state index in [1.54, 1.807) is 19.0 Å². The zero-order chi connectivity index (χ0) is 18.1. The topological polar surface area (TPSA) is 138 Å². The van der Waals surface area contributed by atoms with Crippen molar-refractivity contribution in [2.24, 2.45) is 4.99 Å². The molecule has 0 fully saturated rings. The summed E-state index contributed by atoms with van der Waals surface area (Å²) in [5, 5.41) is 8.07. The Hall–Kier alpha value is -2.46. The lowest BCUT2D eigenvalue weighted by Gasteiger charge is -2.13. The fraction of sp³-hybridized carbons (Fsp3) is 0.462. The van der Waals surface area contributed by atoms with Crippen LogP contribution in [-0.2, 0) is 0 Å². The average molecular weight is 357 g/mol. The Morgan fingerprint density at radius 2 is 2.04 bits per heavy atom. The molecule has 132 valence electrons. The molecule has 0 bridgehead atoms. The van der Waals surface area contributed by atoms with E-state index in [0.29, 0.717) is 12.4 Å². The maximum Gasteiger partial charge on any atom is 0.315 e. The molecular weight excluding hydrogens is 336 g/mol. The van der Waals surface area contributed by atoms with Crippen LogP contribution in [0.2, 0.25) is 5.15 Å². The van der Waals surface area contributed by atoms with Gasteiger partial charge in [-0.05, 0) is 6.92 Å². The van der Waals surface area contributed by atoms with E-state index < -0.39 is 5.91 Å². The number of amides is 3. The molecule has 0 aromatic carbocycles. The van der Waals surface area contributed by atoms with E-state index in [9.17, 15) is 9.59 Å². The van der Waals surface area contributed by atoms with Gasteiger partial charge in [0.1, 0.15) is 0 Å². The third-order valence-corrected chi connectivity index (χ3v) is 2.90. The molecule has 1 aromatic heterocycles. The Bertz CT molecular complexity index is 620. The van der Waals surface area contributed by atoms with Gasteiger partial charge in [-0.15, -0.1) is 0 Å². The summed E-state index contributed by atoms with van der Waals surface area (Å²) < 4.78 is 0. The first kappa shape index (κ1) is 19.6. The van der Waals surface area contributed by atoms with Crippen LogP contribution in [0.3, 0.4) is 0 Å². The van der Waals surface area contributed by atoms with Gasteiger partial charge < -0.3 is 21.3 Å². The van der Waals surface area contributed by atoms with E-state index >= 15 is 0 Å². The number of aliphatic imine (C=N–C) groups is 1. The van der Waals surface area contributed by atoms with E-state index in [2.05, 4.69) is 30.9 Å². The van der Waals surface area contributed by atoms with E-state index in [1.165, 1.54) is 6.21 Å². The molecule has 1 heterocycles. The fourth-order valence-electron chi connectivity index (χ4n) is 1.55. The Labute approximate surface area is 144 Å². The number of rotatable bonds is 7. The number of nitrogen functional groups attached to an aromatic ring is 1. The van der Waals surface area contributed by atoms with E-state index in [0.717, 1.165) is 0 Å². The number of carbonyl (C=O) groups excluding carboxylic acids is 2. The first-order valence-corrected chi connectivity index (χ1v) is 7.54. The molecule has 0 saturated heterocycles. The van der Waals surface area contributed by atoms with Crippen molar-refractivity contribution >= 4 is 41.4 Å². The predicted molar refractivity (Wildman–Crippen MR) is 93.7 cm³/mol. The Kier molecular flexibility index (Phi) is 7.86. The van der Waals surface area contributed by atoms with Gasteiger partial charge in [-0.1, -0.05) is 11.6 Å². The van der Waals surface area contributed by atoms with Gasteiger partial charge in [0.05, 0.1) is 6.67 Å². The summed E-state index contributed by atoms with van der Waals surface area (Å²) in [6.07, 6.45) is 1.34. The van der Waals surface area contributed by atoms with Crippen LogP contribution in [0.25, 0.3) is 0 Å². The van der Waals surface area contributed by atoms with Crippen LogP contribution in [0.4, 0.5) is 16.4 Å². The second kappa shape index (κ2) is 9.63. The van der Waals surface area contributed by atoms with Crippen LogP contribution < -0.4 is 26.6 Å². The number of hydrogen-bond donors (Lipinski definition) is 4. The van der Waals surface area contributed by atoms with Crippen molar-refractivity contribution in [3.8, 4) is 0 Å². The molecule has 0 aliphatic carbocycles. The second-order valence-electron chi connectivity index (χ2n) is 4.75. The van der Waals surface area contributed by atoms with Crippen LogP contribution in [0.1, 0.15) is 17.4 Å². The molecule has 1 rings (SSSR count). The molecule has 10 nitrogen and oxygen atoms in total. The molecule has 3 amide bonds. The summed E-state index contributed by atoms with van der Waals surface area (Å²) >= 11 is 5.96. The summed E-state index contributed by atoms with van der Waals surface area (Å²) in [6.45, 7) is 2.86. The highest BCUT2D eigenvalue weighted by atomic mass is 35.5. The largest absolute Gasteiger partial charge is 0.382 e. The summed E-state index contributed by atoms with van der Waals surface area (Å²) in [6, 6.07) is -0.281. The first-order valence-electron chi connectivity index (χ1n) is 7.16. The summed E-state index contributed by atoms with van der Waals surface area (Å²) in [4.78, 5) is 36.4. The Balaban J connectivity index is 2.53. The zero-order valence-corrected chi connectivity index (χ0v) is 14.5. The van der Waals surface area contributed by atoms with Crippen LogP contribution in [-0.4, -0.2) is 62.0 Å². The lowest BCUT2D eigenvalue weighted by molar-refractivity contribution is 0.0999. The first-order chi connectivity index (χ1) is 11.4. The van der Waals surface area contributed by atoms with Crippen LogP contribution in [0, 0.1) is 0 Å². The van der Waals surface area contributed by atoms with Gasteiger partial charge in [0.2, 0.25) is 0 Å². The number of nitrogens with one attached hydrogen (secondary N) is 3. The van der Waals surface area contributed by atoms with Crippen molar-refractivity contribution in [1.82, 2.24) is 25.9 Å². The molecule has 0 unspecified atom stereocenters. The maximum atomic E-state index is 12.0. The number of nitrogens with zero attached hydrogens (tertiary/aromatic N) is 4. The van der Waals surface area contributed by atoms with Crippen molar-refractivity contribution in [1.29, 1.82) is 0 Å². The number of carbonyl (C=O) groups is 2. The standard InChI is InChI=1S/C13H21ClN8O2/c1-4-17-13(24)19-7-16-5-6-18-12(23)8-10(15)21-11(22(2)3)9(14)20-8/h6,16H,4-5,7H2,1-3H3,(H2,15,21)(H2,17,19,24). The van der Waals surface area contributed by atoms with Crippen molar-refractivity contribution in [3.63, 3.8) is 0 Å². The number of halogens is 1. The predicted octanol–water partition coefficient (Wildman–Crippen LogP) is -0.145. The molecule has 24 heavy (non-hydrogen) atoms. The third-order valence-electron chi connectivity index (χ3n) is 2.65. The van der Waals surface area contributed by atoms with Crippen molar-refractivity contribution in [3.05, 3.63) is 10.8 Å². The fourth-order valence-corrected chi connectivity index (χ4v) is 1.85. The number of aromatic nitrogens is 2. The highest BCUT2D eigenvalue weighted by Gasteiger charge is 2.16. The minimum absolute atomic E-state index is 0.0453. The van der Waals surface area contributed by atoms with Crippen LogP contribution in [0.5, 0.6) is 0 Å². The van der Waals surface area contributed by atoms with E-state index in [1.807, 2.05) is 6.92 Å². The maximum absolute atomic E-state index is 12.0. The number of anilines is 2. The minimum Gasteiger partial charge on any atom is -0.382 e. The van der Waals surface area contributed by atoms with Gasteiger partial charge in [-0.3, -0.25) is 10.1 Å². The molecule has 11 heteroatoms. The molecule has 0 atom stereocenters. The van der Waals surface area contributed by atoms with E-state index in [-0.39, 0.29) is 35.9 Å². The van der Waals surface area contributed by atoms with Gasteiger partial charge in [-0.25, -0.2) is 19.8 Å².